The minimum Gasteiger partial charge on any atom is -0.488 e. The average Bonchev–Trinajstić information content (AvgIpc) is 2.77. The molecule has 0 radical (unpaired) electrons. The maximum absolute atomic E-state index is 14.5. The molecule has 0 bridgehead atoms. The third-order valence-electron chi connectivity index (χ3n) is 5.46. The highest BCUT2D eigenvalue weighted by atomic mass is 19.1. The number of rotatable bonds is 5. The Balaban J connectivity index is 1.61. The van der Waals surface area contributed by atoms with Crippen molar-refractivity contribution in [3.63, 3.8) is 0 Å². The number of ether oxygens (including phenoxy) is 1. The summed E-state index contributed by atoms with van der Waals surface area (Å²) in [5.41, 5.74) is 9.93. The number of benzene rings is 1. The summed E-state index contributed by atoms with van der Waals surface area (Å²) in [6.45, 7) is 0. The monoisotopic (exact) mass is 457 g/mol. The summed E-state index contributed by atoms with van der Waals surface area (Å²) in [5, 5.41) is 2.59. The number of anilines is 2. The second-order valence-electron chi connectivity index (χ2n) is 7.83. The zero-order valence-electron chi connectivity index (χ0n) is 17.5. The molecule has 0 atom stereocenters. The van der Waals surface area contributed by atoms with Gasteiger partial charge in [-0.25, -0.2) is 18.2 Å². The molecule has 0 spiro atoms. The molecule has 4 rings (SSSR count). The maximum Gasteiger partial charge on any atom is 0.276 e. The quantitative estimate of drug-likeness (QED) is 0.532. The molecule has 2 heterocycles. The van der Waals surface area contributed by atoms with Gasteiger partial charge in [-0.05, 0) is 37.8 Å². The molecule has 0 unspecified atom stereocenters. The third kappa shape index (κ3) is 4.90. The van der Waals surface area contributed by atoms with Gasteiger partial charge in [-0.2, -0.15) is 0 Å². The van der Waals surface area contributed by atoms with E-state index in [4.69, 9.17) is 16.2 Å². The Morgan fingerprint density at radius 1 is 1.06 bits per heavy atom. The van der Waals surface area contributed by atoms with Crippen LogP contribution in [0.25, 0.3) is 11.3 Å². The molecule has 172 valence electrons. The number of hydrogen-bond donors (Lipinski definition) is 3. The molecule has 1 saturated carbocycles. The fourth-order valence-corrected chi connectivity index (χ4v) is 3.73. The smallest absolute Gasteiger partial charge is 0.276 e. The van der Waals surface area contributed by atoms with Gasteiger partial charge in [0.05, 0.1) is 23.6 Å². The molecule has 33 heavy (non-hydrogen) atoms. The van der Waals surface area contributed by atoms with Gasteiger partial charge in [0.1, 0.15) is 28.8 Å². The summed E-state index contributed by atoms with van der Waals surface area (Å²) in [6, 6.07) is 5.63. The summed E-state index contributed by atoms with van der Waals surface area (Å²) < 4.78 is 48.9. The van der Waals surface area contributed by atoms with Crippen LogP contribution in [0.4, 0.5) is 24.5 Å². The van der Waals surface area contributed by atoms with Crippen molar-refractivity contribution in [3.05, 3.63) is 65.9 Å². The van der Waals surface area contributed by atoms with Crippen LogP contribution in [0.1, 0.15) is 36.2 Å². The molecule has 1 amide bonds. The zero-order chi connectivity index (χ0) is 23.5. The van der Waals surface area contributed by atoms with E-state index in [1.54, 1.807) is 6.07 Å². The van der Waals surface area contributed by atoms with Crippen molar-refractivity contribution >= 4 is 17.3 Å². The van der Waals surface area contributed by atoms with E-state index < -0.39 is 40.3 Å². The van der Waals surface area contributed by atoms with E-state index in [0.29, 0.717) is 5.75 Å². The van der Waals surface area contributed by atoms with Gasteiger partial charge in [0, 0.05) is 24.4 Å². The van der Waals surface area contributed by atoms with Gasteiger partial charge in [0.2, 0.25) is 0 Å². The molecule has 0 saturated heterocycles. The van der Waals surface area contributed by atoms with Crippen LogP contribution in [0.5, 0.6) is 5.75 Å². The van der Waals surface area contributed by atoms with Crippen molar-refractivity contribution in [1.29, 1.82) is 0 Å². The fraction of sp³-hybridized carbons (Fsp3) is 0.261. The van der Waals surface area contributed by atoms with Crippen LogP contribution in [-0.4, -0.2) is 28.0 Å². The molecular formula is C23H22F3N5O2. The van der Waals surface area contributed by atoms with Gasteiger partial charge in [-0.15, -0.1) is 0 Å². The molecular weight excluding hydrogens is 435 g/mol. The summed E-state index contributed by atoms with van der Waals surface area (Å²) in [4.78, 5) is 20.8. The van der Waals surface area contributed by atoms with Gasteiger partial charge in [-0.1, -0.05) is 6.07 Å². The molecule has 3 aromatic rings. The molecule has 1 aromatic carbocycles. The number of nitrogen functional groups attached to an aromatic ring is 1. The van der Waals surface area contributed by atoms with Gasteiger partial charge >= 0.3 is 0 Å². The SMILES string of the molecule is Nc1cc(F)c(-c2c(F)cccc2F)nc1C(=O)Nc1cnccc1O[C@H]1CC[C@H](N)CC1. The molecule has 10 heteroatoms. The van der Waals surface area contributed by atoms with Crippen molar-refractivity contribution in [1.82, 2.24) is 9.97 Å². The highest BCUT2D eigenvalue weighted by molar-refractivity contribution is 6.07. The minimum atomic E-state index is -1.06. The van der Waals surface area contributed by atoms with E-state index in [1.165, 1.54) is 12.4 Å². The highest BCUT2D eigenvalue weighted by Crippen LogP contribution is 2.31. The molecule has 1 fully saturated rings. The van der Waals surface area contributed by atoms with Gasteiger partial charge in [0.15, 0.2) is 11.5 Å². The van der Waals surface area contributed by atoms with Crippen LogP contribution < -0.4 is 21.5 Å². The average molecular weight is 457 g/mol. The minimum absolute atomic E-state index is 0.0625. The van der Waals surface area contributed by atoms with Gasteiger partial charge in [0.25, 0.3) is 5.91 Å². The number of nitrogens with two attached hydrogens (primary N) is 2. The summed E-state index contributed by atoms with van der Waals surface area (Å²) in [5.74, 6) is -3.52. The summed E-state index contributed by atoms with van der Waals surface area (Å²) >= 11 is 0. The molecule has 5 N–H and O–H groups in total. The Hall–Kier alpha value is -3.66. The number of carbonyl (C=O) groups excluding carboxylic acids is 1. The van der Waals surface area contributed by atoms with Gasteiger partial charge < -0.3 is 21.5 Å². The Morgan fingerprint density at radius 3 is 2.45 bits per heavy atom. The number of aromatic nitrogens is 2. The number of nitrogens with one attached hydrogen (secondary N) is 1. The first kappa shape index (κ1) is 22.5. The lowest BCUT2D eigenvalue weighted by atomic mass is 9.94. The van der Waals surface area contributed by atoms with E-state index in [2.05, 4.69) is 15.3 Å². The van der Waals surface area contributed by atoms with E-state index in [1.807, 2.05) is 0 Å². The second-order valence-corrected chi connectivity index (χ2v) is 7.83. The van der Waals surface area contributed by atoms with Crippen molar-refractivity contribution in [2.75, 3.05) is 11.1 Å². The van der Waals surface area contributed by atoms with Crippen molar-refractivity contribution in [2.45, 2.75) is 37.8 Å². The molecule has 1 aliphatic carbocycles. The first-order valence-corrected chi connectivity index (χ1v) is 10.4. The van der Waals surface area contributed by atoms with Crippen molar-refractivity contribution in [3.8, 4) is 17.0 Å². The van der Waals surface area contributed by atoms with Crippen LogP contribution in [-0.2, 0) is 0 Å². The number of carbonyl (C=O) groups is 1. The molecule has 7 nitrogen and oxygen atoms in total. The molecule has 1 aliphatic rings. The predicted molar refractivity (Wildman–Crippen MR) is 117 cm³/mol. The first-order chi connectivity index (χ1) is 15.8. The standard InChI is InChI=1S/C23H22F3N5O2/c24-14-2-1-3-15(25)20(14)21-16(26)10-17(28)22(31-21)23(32)30-18-11-29-9-8-19(18)33-13-6-4-12(27)5-7-13/h1-3,8-13H,4-7,27-28H2,(H,30,32)/t12-,13-. The number of amides is 1. The lowest BCUT2D eigenvalue weighted by molar-refractivity contribution is 0.102. The Morgan fingerprint density at radius 2 is 1.76 bits per heavy atom. The van der Waals surface area contributed by atoms with Crippen LogP contribution in [0.3, 0.4) is 0 Å². The van der Waals surface area contributed by atoms with Gasteiger partial charge in [-0.3, -0.25) is 9.78 Å². The zero-order valence-corrected chi connectivity index (χ0v) is 17.5. The lowest BCUT2D eigenvalue weighted by Crippen LogP contribution is -2.31. The van der Waals surface area contributed by atoms with Crippen molar-refractivity contribution < 1.29 is 22.7 Å². The Labute approximate surface area is 188 Å². The maximum atomic E-state index is 14.5. The Kier molecular flexibility index (Phi) is 6.45. The normalized spacial score (nSPS) is 18.1. The topological polar surface area (TPSA) is 116 Å². The van der Waals surface area contributed by atoms with E-state index in [0.717, 1.165) is 49.9 Å². The first-order valence-electron chi connectivity index (χ1n) is 10.4. The molecule has 2 aromatic heterocycles. The molecule has 0 aliphatic heterocycles. The number of pyridine rings is 2. The number of nitrogens with zero attached hydrogens (tertiary/aromatic N) is 2. The predicted octanol–water partition coefficient (Wildman–Crippen LogP) is 4.04. The van der Waals surface area contributed by atoms with Crippen molar-refractivity contribution in [2.24, 2.45) is 5.73 Å². The lowest BCUT2D eigenvalue weighted by Gasteiger charge is -2.27. The third-order valence-corrected chi connectivity index (χ3v) is 5.46. The van der Waals surface area contributed by atoms with Crippen LogP contribution in [0, 0.1) is 17.5 Å². The van der Waals surface area contributed by atoms with Crippen LogP contribution in [0.2, 0.25) is 0 Å². The van der Waals surface area contributed by atoms with E-state index in [-0.39, 0.29) is 23.5 Å². The second kappa shape index (κ2) is 9.45. The number of halogens is 3. The fourth-order valence-electron chi connectivity index (χ4n) is 3.73. The number of hydrogen-bond acceptors (Lipinski definition) is 6. The Bertz CT molecular complexity index is 1160. The summed E-state index contributed by atoms with van der Waals surface area (Å²) in [7, 11) is 0. The largest absolute Gasteiger partial charge is 0.488 e. The van der Waals surface area contributed by atoms with Crippen LogP contribution >= 0.6 is 0 Å². The van der Waals surface area contributed by atoms with E-state index >= 15 is 0 Å². The van der Waals surface area contributed by atoms with E-state index in [9.17, 15) is 18.0 Å². The van der Waals surface area contributed by atoms with Crippen LogP contribution in [0.15, 0.2) is 42.7 Å². The highest BCUT2D eigenvalue weighted by Gasteiger charge is 2.24. The summed E-state index contributed by atoms with van der Waals surface area (Å²) in [6.07, 6.45) is 6.07.